The molecule has 4 nitrogen and oxygen atoms in total. The van der Waals surface area contributed by atoms with Gasteiger partial charge < -0.3 is 10.1 Å². The molecule has 0 amide bonds. The summed E-state index contributed by atoms with van der Waals surface area (Å²) in [6.45, 7) is 3.84. The summed E-state index contributed by atoms with van der Waals surface area (Å²) < 4.78 is 6.04. The lowest BCUT2D eigenvalue weighted by atomic mass is 9.92. The van der Waals surface area contributed by atoms with Crippen molar-refractivity contribution < 1.29 is 9.53 Å². The van der Waals surface area contributed by atoms with Crippen molar-refractivity contribution >= 4 is 23.1 Å². The molecule has 0 radical (unpaired) electrons. The molecule has 1 aliphatic rings. The second-order valence-corrected chi connectivity index (χ2v) is 7.99. The summed E-state index contributed by atoms with van der Waals surface area (Å²) in [6.07, 6.45) is 4.11. The number of nitrogens with one attached hydrogen (secondary N) is 1. The molecule has 0 unspecified atom stereocenters. The van der Waals surface area contributed by atoms with Gasteiger partial charge in [0.05, 0.1) is 16.7 Å². The molecular formula is C23H25ClN2O2. The molecule has 146 valence electrons. The Bertz CT molecular complexity index is 863. The molecule has 0 atom stereocenters. The highest BCUT2D eigenvalue weighted by molar-refractivity contribution is 6.31. The first-order valence-corrected chi connectivity index (χ1v) is 10.1. The van der Waals surface area contributed by atoms with Gasteiger partial charge in [-0.3, -0.25) is 4.79 Å². The van der Waals surface area contributed by atoms with Gasteiger partial charge in [-0.05, 0) is 62.1 Å². The monoisotopic (exact) mass is 396 g/mol. The first kappa shape index (κ1) is 20.2. The molecule has 0 aliphatic heterocycles. The van der Waals surface area contributed by atoms with Gasteiger partial charge in [-0.25, -0.2) is 0 Å². The van der Waals surface area contributed by atoms with Crippen LogP contribution in [0.1, 0.15) is 55.5 Å². The number of nitriles is 1. The highest BCUT2D eigenvalue weighted by atomic mass is 35.5. The van der Waals surface area contributed by atoms with Gasteiger partial charge in [-0.15, -0.1) is 0 Å². The normalized spacial score (nSPS) is 19.1. The van der Waals surface area contributed by atoms with Crippen LogP contribution in [0.4, 0.5) is 5.69 Å². The smallest absolute Gasteiger partial charge is 0.165 e. The average molecular weight is 397 g/mol. The van der Waals surface area contributed by atoms with Crippen molar-refractivity contribution in [2.45, 2.75) is 51.7 Å². The van der Waals surface area contributed by atoms with E-state index in [4.69, 9.17) is 21.6 Å². The Morgan fingerprint density at radius 2 is 1.82 bits per heavy atom. The second-order valence-electron chi connectivity index (χ2n) is 7.59. The third-order valence-electron chi connectivity index (χ3n) is 5.10. The van der Waals surface area contributed by atoms with Crippen LogP contribution in [0.2, 0.25) is 5.02 Å². The van der Waals surface area contributed by atoms with Gasteiger partial charge in [0.25, 0.3) is 0 Å². The van der Waals surface area contributed by atoms with Crippen molar-refractivity contribution in [3.8, 4) is 11.8 Å². The molecule has 2 aromatic rings. The summed E-state index contributed by atoms with van der Waals surface area (Å²) in [5.74, 6) is 0.901. The van der Waals surface area contributed by atoms with Gasteiger partial charge in [0.2, 0.25) is 0 Å². The third-order valence-corrected chi connectivity index (χ3v) is 5.42. The highest BCUT2D eigenvalue weighted by Crippen LogP contribution is 2.28. The molecular weight excluding hydrogens is 372 g/mol. The molecule has 0 spiro atoms. The second kappa shape index (κ2) is 9.12. The molecule has 1 saturated carbocycles. The summed E-state index contributed by atoms with van der Waals surface area (Å²) in [4.78, 5) is 12.0. The van der Waals surface area contributed by atoms with Gasteiger partial charge in [0, 0.05) is 29.3 Å². The summed E-state index contributed by atoms with van der Waals surface area (Å²) >= 11 is 6.07. The van der Waals surface area contributed by atoms with Gasteiger partial charge in [-0.2, -0.15) is 5.26 Å². The fraction of sp³-hybridized carbons (Fsp3) is 0.391. The van der Waals surface area contributed by atoms with E-state index in [1.165, 1.54) is 0 Å². The minimum atomic E-state index is 0.0140. The van der Waals surface area contributed by atoms with Crippen LogP contribution in [0.5, 0.6) is 5.75 Å². The zero-order valence-corrected chi connectivity index (χ0v) is 17.0. The first-order valence-electron chi connectivity index (χ1n) is 9.73. The molecule has 2 aromatic carbocycles. The minimum absolute atomic E-state index is 0.0140. The Morgan fingerprint density at radius 1 is 1.14 bits per heavy atom. The number of halogens is 1. The van der Waals surface area contributed by atoms with Crippen molar-refractivity contribution in [2.75, 3.05) is 5.32 Å². The van der Waals surface area contributed by atoms with Crippen molar-refractivity contribution in [1.29, 1.82) is 5.26 Å². The van der Waals surface area contributed by atoms with Crippen LogP contribution in [0.15, 0.2) is 42.5 Å². The molecule has 0 bridgehead atoms. The molecule has 1 aliphatic carbocycles. The van der Waals surface area contributed by atoms with Crippen LogP contribution < -0.4 is 10.1 Å². The van der Waals surface area contributed by atoms with Crippen LogP contribution in [-0.4, -0.2) is 17.9 Å². The first-order chi connectivity index (χ1) is 13.5. The number of Topliss-reactive ketones (excluding diaryl/α,β-unsaturated/α-hetero) is 1. The molecule has 0 aromatic heterocycles. The Hall–Kier alpha value is -2.51. The lowest BCUT2D eigenvalue weighted by Crippen LogP contribution is -2.31. The van der Waals surface area contributed by atoms with E-state index < -0.39 is 0 Å². The lowest BCUT2D eigenvalue weighted by Gasteiger charge is -2.30. The molecule has 1 fully saturated rings. The summed E-state index contributed by atoms with van der Waals surface area (Å²) in [5.41, 5.74) is 2.27. The van der Waals surface area contributed by atoms with E-state index in [2.05, 4.69) is 11.4 Å². The van der Waals surface area contributed by atoms with E-state index >= 15 is 0 Å². The Kier molecular flexibility index (Phi) is 6.59. The maximum atomic E-state index is 12.0. The van der Waals surface area contributed by atoms with Gasteiger partial charge >= 0.3 is 0 Å². The number of ketones is 1. The minimum Gasteiger partial charge on any atom is -0.490 e. The zero-order chi connectivity index (χ0) is 20.1. The highest BCUT2D eigenvalue weighted by Gasteiger charge is 2.22. The van der Waals surface area contributed by atoms with Crippen LogP contribution >= 0.6 is 11.6 Å². The maximum Gasteiger partial charge on any atom is 0.165 e. The van der Waals surface area contributed by atoms with Crippen LogP contribution in [0, 0.1) is 17.2 Å². The number of anilines is 1. The van der Waals surface area contributed by atoms with Crippen molar-refractivity contribution in [3.05, 3.63) is 58.6 Å². The largest absolute Gasteiger partial charge is 0.490 e. The number of nitrogens with zero attached hydrogens (tertiary/aromatic N) is 1. The topological polar surface area (TPSA) is 62.1 Å². The summed E-state index contributed by atoms with van der Waals surface area (Å²) in [5, 5.41) is 12.9. The zero-order valence-electron chi connectivity index (χ0n) is 16.2. The van der Waals surface area contributed by atoms with Crippen molar-refractivity contribution in [1.82, 2.24) is 0 Å². The lowest BCUT2D eigenvalue weighted by molar-refractivity contribution is 0.0939. The molecule has 0 saturated heterocycles. The van der Waals surface area contributed by atoms with E-state index in [0.717, 1.165) is 36.9 Å². The Balaban J connectivity index is 1.49. The van der Waals surface area contributed by atoms with E-state index in [1.807, 2.05) is 38.1 Å². The van der Waals surface area contributed by atoms with E-state index in [9.17, 15) is 4.79 Å². The quantitative estimate of drug-likeness (QED) is 0.622. The number of benzene rings is 2. The van der Waals surface area contributed by atoms with E-state index in [1.54, 1.807) is 18.2 Å². The average Bonchev–Trinajstić information content (AvgIpc) is 2.69. The number of carbonyl (C=O) groups excluding carboxylic acids is 1. The predicted octanol–water partition coefficient (Wildman–Crippen LogP) is 5.85. The van der Waals surface area contributed by atoms with E-state index in [0.29, 0.717) is 22.4 Å². The fourth-order valence-corrected chi connectivity index (χ4v) is 3.69. The number of rotatable bonds is 6. The molecule has 1 N–H and O–H groups in total. The third kappa shape index (κ3) is 5.05. The summed E-state index contributed by atoms with van der Waals surface area (Å²) in [6, 6.07) is 15.4. The number of ether oxygens (including phenoxy) is 1. The molecule has 28 heavy (non-hydrogen) atoms. The fourth-order valence-electron chi connectivity index (χ4n) is 3.48. The molecule has 5 heteroatoms. The maximum absolute atomic E-state index is 12.0. The van der Waals surface area contributed by atoms with Gasteiger partial charge in [0.1, 0.15) is 11.8 Å². The standard InChI is InChI=1S/C23H25ClN2O2/c1-15(2)23(27)16-3-6-18(7-4-16)26-19-8-11-20(12-9-19)28-21-10-5-17(14-25)22(24)13-21/h3-7,10,13,15,19-20,26H,8-9,11-12H2,1-2H3/t19-,20-. The van der Waals surface area contributed by atoms with Crippen molar-refractivity contribution in [2.24, 2.45) is 5.92 Å². The Morgan fingerprint density at radius 3 is 2.39 bits per heavy atom. The van der Waals surface area contributed by atoms with Gasteiger partial charge in [-0.1, -0.05) is 25.4 Å². The van der Waals surface area contributed by atoms with Gasteiger partial charge in [0.15, 0.2) is 5.78 Å². The number of hydrogen-bond acceptors (Lipinski definition) is 4. The van der Waals surface area contributed by atoms with Crippen LogP contribution in [0.3, 0.4) is 0 Å². The molecule has 3 rings (SSSR count). The van der Waals surface area contributed by atoms with Crippen molar-refractivity contribution in [3.63, 3.8) is 0 Å². The number of hydrogen-bond donors (Lipinski definition) is 1. The van der Waals surface area contributed by atoms with Crippen LogP contribution in [0.25, 0.3) is 0 Å². The van der Waals surface area contributed by atoms with E-state index in [-0.39, 0.29) is 17.8 Å². The summed E-state index contributed by atoms with van der Waals surface area (Å²) in [7, 11) is 0. The molecule has 0 heterocycles. The Labute approximate surface area is 171 Å². The number of carbonyl (C=O) groups is 1. The van der Waals surface area contributed by atoms with Crippen LogP contribution in [-0.2, 0) is 0 Å². The predicted molar refractivity (Wildman–Crippen MR) is 112 cm³/mol. The SMILES string of the molecule is CC(C)C(=O)c1ccc(N[C@H]2CC[C@H](Oc3ccc(C#N)c(Cl)c3)CC2)cc1.